The Bertz CT molecular complexity index is 1430. The maximum Gasteiger partial charge on any atom is 0.124 e. The third-order valence-electron chi connectivity index (χ3n) is 6.35. The first-order valence-electron chi connectivity index (χ1n) is 11.4. The fourth-order valence-corrected chi connectivity index (χ4v) is 4.43. The number of benzene rings is 3. The Hall–Kier alpha value is -4.24. The standard InChI is InChI=1S/C31H26N2O/c1-31(2,23-11-4-3-5-12-23)26-19-18-22(21-25(26)28-14-8-9-20-32-28)27-15-10-16-29(33-27)24-13-6-7-17-30(24)34/h3-21,34H,1-2H3. The van der Waals surface area contributed by atoms with E-state index >= 15 is 0 Å². The molecule has 2 heterocycles. The molecule has 0 amide bonds. The minimum atomic E-state index is -0.211. The van der Waals surface area contributed by atoms with Crippen LogP contribution < -0.4 is 0 Å². The lowest BCUT2D eigenvalue weighted by Crippen LogP contribution is -2.20. The van der Waals surface area contributed by atoms with Crippen LogP contribution in [-0.2, 0) is 5.41 Å². The number of hydrogen-bond donors (Lipinski definition) is 1. The fourth-order valence-electron chi connectivity index (χ4n) is 4.43. The van der Waals surface area contributed by atoms with Gasteiger partial charge in [0.2, 0.25) is 0 Å². The number of hydrogen-bond acceptors (Lipinski definition) is 3. The predicted octanol–water partition coefficient (Wildman–Crippen LogP) is 7.51. The van der Waals surface area contributed by atoms with Crippen molar-refractivity contribution in [2.24, 2.45) is 0 Å². The van der Waals surface area contributed by atoms with Gasteiger partial charge in [-0.3, -0.25) is 4.98 Å². The molecule has 0 saturated heterocycles. The average molecular weight is 443 g/mol. The van der Waals surface area contributed by atoms with Crippen LogP contribution in [0.3, 0.4) is 0 Å². The van der Waals surface area contributed by atoms with Gasteiger partial charge in [0.15, 0.2) is 0 Å². The van der Waals surface area contributed by atoms with Crippen LogP contribution in [0.15, 0.2) is 115 Å². The van der Waals surface area contributed by atoms with Gasteiger partial charge >= 0.3 is 0 Å². The summed E-state index contributed by atoms with van der Waals surface area (Å²) in [5.41, 5.74) is 7.57. The highest BCUT2D eigenvalue weighted by atomic mass is 16.3. The van der Waals surface area contributed by atoms with Crippen molar-refractivity contribution in [2.75, 3.05) is 0 Å². The lowest BCUT2D eigenvalue weighted by molar-refractivity contribution is 0.477. The van der Waals surface area contributed by atoms with Crippen LogP contribution in [0.1, 0.15) is 25.0 Å². The lowest BCUT2D eigenvalue weighted by atomic mass is 9.75. The number of para-hydroxylation sites is 1. The summed E-state index contributed by atoms with van der Waals surface area (Å²) in [5, 5.41) is 10.3. The molecule has 0 bridgehead atoms. The highest BCUT2D eigenvalue weighted by molar-refractivity contribution is 5.76. The van der Waals surface area contributed by atoms with E-state index < -0.39 is 0 Å². The molecule has 0 radical (unpaired) electrons. The van der Waals surface area contributed by atoms with E-state index in [9.17, 15) is 5.11 Å². The molecule has 34 heavy (non-hydrogen) atoms. The van der Waals surface area contributed by atoms with E-state index in [1.165, 1.54) is 11.1 Å². The second kappa shape index (κ2) is 8.95. The van der Waals surface area contributed by atoms with Crippen LogP contribution in [0.4, 0.5) is 0 Å². The molecule has 3 nitrogen and oxygen atoms in total. The van der Waals surface area contributed by atoms with Crippen molar-refractivity contribution in [3.8, 4) is 39.5 Å². The number of aromatic nitrogens is 2. The number of pyridine rings is 2. The van der Waals surface area contributed by atoms with E-state index in [0.717, 1.165) is 33.8 Å². The Morgan fingerprint density at radius 3 is 2.09 bits per heavy atom. The Morgan fingerprint density at radius 1 is 0.618 bits per heavy atom. The molecule has 3 heteroatoms. The van der Waals surface area contributed by atoms with Crippen molar-refractivity contribution in [1.29, 1.82) is 0 Å². The first-order chi connectivity index (χ1) is 16.5. The molecule has 166 valence electrons. The minimum absolute atomic E-state index is 0.211. The highest BCUT2D eigenvalue weighted by Gasteiger charge is 2.27. The Kier molecular flexibility index (Phi) is 5.69. The van der Waals surface area contributed by atoms with Crippen molar-refractivity contribution in [1.82, 2.24) is 9.97 Å². The minimum Gasteiger partial charge on any atom is -0.507 e. The van der Waals surface area contributed by atoms with Gasteiger partial charge in [-0.1, -0.05) is 80.6 Å². The molecule has 3 aromatic carbocycles. The summed E-state index contributed by atoms with van der Waals surface area (Å²) in [6.07, 6.45) is 1.83. The predicted molar refractivity (Wildman–Crippen MR) is 139 cm³/mol. The van der Waals surface area contributed by atoms with Gasteiger partial charge in [0.25, 0.3) is 0 Å². The van der Waals surface area contributed by atoms with E-state index in [0.29, 0.717) is 0 Å². The summed E-state index contributed by atoms with van der Waals surface area (Å²) in [5.74, 6) is 0.223. The van der Waals surface area contributed by atoms with E-state index in [2.05, 4.69) is 67.4 Å². The van der Waals surface area contributed by atoms with E-state index in [4.69, 9.17) is 4.98 Å². The molecule has 0 fully saturated rings. The second-order valence-electron chi connectivity index (χ2n) is 8.89. The van der Waals surface area contributed by atoms with Crippen LogP contribution in [0.2, 0.25) is 0 Å². The first-order valence-corrected chi connectivity index (χ1v) is 11.4. The fraction of sp³-hybridized carbons (Fsp3) is 0.0968. The zero-order valence-corrected chi connectivity index (χ0v) is 19.3. The number of nitrogens with zero attached hydrogens (tertiary/aromatic N) is 2. The van der Waals surface area contributed by atoms with Crippen LogP contribution in [0, 0.1) is 0 Å². The quantitative estimate of drug-likeness (QED) is 0.306. The van der Waals surface area contributed by atoms with Crippen molar-refractivity contribution in [3.63, 3.8) is 0 Å². The molecule has 0 saturated carbocycles. The monoisotopic (exact) mass is 442 g/mol. The molecule has 0 spiro atoms. The molecule has 0 unspecified atom stereocenters. The van der Waals surface area contributed by atoms with E-state index in [1.807, 2.05) is 60.8 Å². The zero-order chi connectivity index (χ0) is 23.5. The van der Waals surface area contributed by atoms with Gasteiger partial charge in [0.05, 0.1) is 17.1 Å². The number of aromatic hydroxyl groups is 1. The molecular formula is C31H26N2O. The SMILES string of the molecule is CC(C)(c1ccccc1)c1ccc(-c2cccc(-c3ccccc3O)n2)cc1-c1ccccn1. The summed E-state index contributed by atoms with van der Waals surface area (Å²) in [4.78, 5) is 9.55. The number of rotatable bonds is 5. The normalized spacial score (nSPS) is 11.4. The van der Waals surface area contributed by atoms with Gasteiger partial charge in [-0.15, -0.1) is 0 Å². The van der Waals surface area contributed by atoms with Gasteiger partial charge in [0.1, 0.15) is 5.75 Å². The maximum atomic E-state index is 10.3. The highest BCUT2D eigenvalue weighted by Crippen LogP contribution is 2.39. The Morgan fingerprint density at radius 2 is 1.32 bits per heavy atom. The summed E-state index contributed by atoms with van der Waals surface area (Å²) < 4.78 is 0. The van der Waals surface area contributed by atoms with Gasteiger partial charge in [-0.2, -0.15) is 0 Å². The van der Waals surface area contributed by atoms with Crippen LogP contribution in [0.5, 0.6) is 5.75 Å². The maximum absolute atomic E-state index is 10.3. The van der Waals surface area contributed by atoms with Crippen LogP contribution in [0.25, 0.3) is 33.8 Å². The molecule has 0 atom stereocenters. The van der Waals surface area contributed by atoms with Crippen molar-refractivity contribution in [3.05, 3.63) is 127 Å². The van der Waals surface area contributed by atoms with E-state index in [-0.39, 0.29) is 11.2 Å². The molecule has 1 N–H and O–H groups in total. The van der Waals surface area contributed by atoms with Crippen LogP contribution in [-0.4, -0.2) is 15.1 Å². The summed E-state index contributed by atoms with van der Waals surface area (Å²) in [6, 6.07) is 36.3. The third-order valence-corrected chi connectivity index (χ3v) is 6.35. The third kappa shape index (κ3) is 4.08. The van der Waals surface area contributed by atoms with Gasteiger partial charge < -0.3 is 5.11 Å². The molecular weight excluding hydrogens is 416 g/mol. The average Bonchev–Trinajstić information content (AvgIpc) is 2.90. The molecule has 0 aliphatic rings. The Labute approximate surface area is 200 Å². The molecule has 5 rings (SSSR count). The number of phenols is 1. The summed E-state index contributed by atoms with van der Waals surface area (Å²) in [6.45, 7) is 4.50. The second-order valence-corrected chi connectivity index (χ2v) is 8.89. The van der Waals surface area contributed by atoms with Gasteiger partial charge in [-0.25, -0.2) is 4.98 Å². The first kappa shape index (κ1) is 21.6. The zero-order valence-electron chi connectivity index (χ0n) is 19.3. The van der Waals surface area contributed by atoms with Gasteiger partial charge in [-0.05, 0) is 53.6 Å². The van der Waals surface area contributed by atoms with Crippen molar-refractivity contribution < 1.29 is 5.11 Å². The lowest BCUT2D eigenvalue weighted by Gasteiger charge is -2.29. The summed E-state index contributed by atoms with van der Waals surface area (Å²) in [7, 11) is 0. The number of phenolic OH excluding ortho intramolecular Hbond substituents is 1. The largest absolute Gasteiger partial charge is 0.507 e. The molecule has 2 aromatic heterocycles. The van der Waals surface area contributed by atoms with E-state index in [1.54, 1.807) is 6.07 Å². The van der Waals surface area contributed by atoms with Crippen molar-refractivity contribution in [2.45, 2.75) is 19.3 Å². The van der Waals surface area contributed by atoms with Crippen molar-refractivity contribution >= 4 is 0 Å². The Balaban J connectivity index is 1.66. The van der Waals surface area contributed by atoms with Crippen LogP contribution >= 0.6 is 0 Å². The molecule has 0 aliphatic carbocycles. The molecule has 0 aliphatic heterocycles. The molecule has 5 aromatic rings. The van der Waals surface area contributed by atoms with Gasteiger partial charge in [0, 0.05) is 28.3 Å². The topological polar surface area (TPSA) is 46.0 Å². The smallest absolute Gasteiger partial charge is 0.124 e. The summed E-state index contributed by atoms with van der Waals surface area (Å²) >= 11 is 0.